The Balaban J connectivity index is 2.05. The Bertz CT molecular complexity index is 488. The topological polar surface area (TPSA) is 50.8 Å². The molecule has 5 heteroatoms. The van der Waals surface area contributed by atoms with Gasteiger partial charge in [-0.2, -0.15) is 0 Å². The minimum atomic E-state index is -0.0640. The third kappa shape index (κ3) is 4.03. The van der Waals surface area contributed by atoms with Crippen LogP contribution >= 0.6 is 0 Å². The van der Waals surface area contributed by atoms with E-state index >= 15 is 0 Å². The number of nitrogens with one attached hydrogen (secondary N) is 1. The van der Waals surface area contributed by atoms with Gasteiger partial charge in [-0.15, -0.1) is 0 Å². The lowest BCUT2D eigenvalue weighted by Crippen LogP contribution is -2.27. The van der Waals surface area contributed by atoms with Crippen molar-refractivity contribution in [2.75, 3.05) is 31.7 Å². The summed E-state index contributed by atoms with van der Waals surface area (Å²) in [6, 6.07) is 5.54. The SMILES string of the molecule is COc1ccc(N2CCNC2=O)cc1OCCCC(C)C. The molecule has 0 unspecified atom stereocenters. The van der Waals surface area contributed by atoms with Crippen LogP contribution in [0.1, 0.15) is 26.7 Å². The van der Waals surface area contributed by atoms with E-state index in [1.54, 1.807) is 12.0 Å². The maximum absolute atomic E-state index is 11.7. The van der Waals surface area contributed by atoms with E-state index in [4.69, 9.17) is 9.47 Å². The standard InChI is InChI=1S/C16H24N2O3/c1-12(2)5-4-10-21-15-11-13(6-7-14(15)20-3)18-9-8-17-16(18)19/h6-7,11-12H,4-5,8-10H2,1-3H3,(H,17,19). The number of amides is 2. The minimum absolute atomic E-state index is 0.0640. The first-order valence-electron chi connectivity index (χ1n) is 7.48. The molecule has 0 saturated carbocycles. The molecule has 1 aliphatic heterocycles. The molecule has 1 heterocycles. The van der Waals surface area contributed by atoms with Gasteiger partial charge in [0, 0.05) is 24.8 Å². The van der Waals surface area contributed by atoms with Gasteiger partial charge in [-0.3, -0.25) is 4.90 Å². The number of carbonyl (C=O) groups excluding carboxylic acids is 1. The summed E-state index contributed by atoms with van der Waals surface area (Å²) in [5.74, 6) is 2.07. The third-order valence-electron chi connectivity index (χ3n) is 3.50. The molecule has 1 saturated heterocycles. The van der Waals surface area contributed by atoms with Gasteiger partial charge in [0.15, 0.2) is 11.5 Å². The second kappa shape index (κ2) is 7.20. The number of anilines is 1. The van der Waals surface area contributed by atoms with Crippen LogP contribution in [0.3, 0.4) is 0 Å². The maximum Gasteiger partial charge on any atom is 0.321 e. The molecular weight excluding hydrogens is 268 g/mol. The van der Waals surface area contributed by atoms with Crippen molar-refractivity contribution in [3.8, 4) is 11.5 Å². The molecule has 0 atom stereocenters. The fourth-order valence-corrected chi connectivity index (χ4v) is 2.34. The van der Waals surface area contributed by atoms with E-state index < -0.39 is 0 Å². The molecule has 2 amide bonds. The molecule has 116 valence electrons. The number of carbonyl (C=O) groups is 1. The zero-order valence-corrected chi connectivity index (χ0v) is 13.0. The summed E-state index contributed by atoms with van der Waals surface area (Å²) in [4.78, 5) is 13.4. The number of urea groups is 1. The fourth-order valence-electron chi connectivity index (χ4n) is 2.34. The molecule has 0 aliphatic carbocycles. The Labute approximate surface area is 126 Å². The second-order valence-electron chi connectivity index (χ2n) is 5.60. The molecule has 0 aromatic heterocycles. The Morgan fingerprint density at radius 3 is 2.76 bits per heavy atom. The molecule has 1 aliphatic rings. The van der Waals surface area contributed by atoms with Gasteiger partial charge in [0.2, 0.25) is 0 Å². The van der Waals surface area contributed by atoms with Crippen molar-refractivity contribution in [3.63, 3.8) is 0 Å². The largest absolute Gasteiger partial charge is 0.493 e. The number of ether oxygens (including phenoxy) is 2. The first kappa shape index (κ1) is 15.5. The van der Waals surface area contributed by atoms with Crippen molar-refractivity contribution < 1.29 is 14.3 Å². The highest BCUT2D eigenvalue weighted by Gasteiger charge is 2.22. The molecule has 1 N–H and O–H groups in total. The van der Waals surface area contributed by atoms with Gasteiger partial charge < -0.3 is 14.8 Å². The van der Waals surface area contributed by atoms with Gasteiger partial charge >= 0.3 is 6.03 Å². The molecule has 1 aromatic carbocycles. The molecule has 0 radical (unpaired) electrons. The summed E-state index contributed by atoms with van der Waals surface area (Å²) in [6.45, 7) is 6.41. The average molecular weight is 292 g/mol. The Morgan fingerprint density at radius 2 is 2.14 bits per heavy atom. The van der Waals surface area contributed by atoms with Crippen LogP contribution in [0.4, 0.5) is 10.5 Å². The molecule has 5 nitrogen and oxygen atoms in total. The summed E-state index contributed by atoms with van der Waals surface area (Å²) >= 11 is 0. The summed E-state index contributed by atoms with van der Waals surface area (Å²) in [5, 5.41) is 2.80. The van der Waals surface area contributed by atoms with E-state index in [9.17, 15) is 4.79 Å². The predicted molar refractivity (Wildman–Crippen MR) is 83.3 cm³/mol. The number of rotatable bonds is 7. The van der Waals surface area contributed by atoms with Crippen LogP contribution in [0, 0.1) is 5.92 Å². The van der Waals surface area contributed by atoms with E-state index in [1.165, 1.54) is 0 Å². The quantitative estimate of drug-likeness (QED) is 0.786. The highest BCUT2D eigenvalue weighted by Crippen LogP contribution is 2.32. The Morgan fingerprint density at radius 1 is 1.33 bits per heavy atom. The van der Waals surface area contributed by atoms with Crippen LogP contribution in [-0.4, -0.2) is 32.8 Å². The molecule has 0 spiro atoms. The highest BCUT2D eigenvalue weighted by atomic mass is 16.5. The lowest BCUT2D eigenvalue weighted by atomic mass is 10.1. The molecule has 21 heavy (non-hydrogen) atoms. The molecular formula is C16H24N2O3. The van der Waals surface area contributed by atoms with Gasteiger partial charge in [0.25, 0.3) is 0 Å². The zero-order chi connectivity index (χ0) is 15.2. The van der Waals surface area contributed by atoms with Gasteiger partial charge in [0.05, 0.1) is 13.7 Å². The van der Waals surface area contributed by atoms with Crippen LogP contribution in [-0.2, 0) is 0 Å². The van der Waals surface area contributed by atoms with E-state index in [2.05, 4.69) is 19.2 Å². The first-order valence-corrected chi connectivity index (χ1v) is 7.48. The van der Waals surface area contributed by atoms with Crippen molar-refractivity contribution in [3.05, 3.63) is 18.2 Å². The number of nitrogens with zero attached hydrogens (tertiary/aromatic N) is 1. The lowest BCUT2D eigenvalue weighted by Gasteiger charge is -2.17. The van der Waals surface area contributed by atoms with Gasteiger partial charge in [-0.25, -0.2) is 4.79 Å². The molecule has 0 bridgehead atoms. The van der Waals surface area contributed by atoms with Gasteiger partial charge in [0.1, 0.15) is 0 Å². The van der Waals surface area contributed by atoms with E-state index in [1.807, 2.05) is 18.2 Å². The average Bonchev–Trinajstić information content (AvgIpc) is 2.89. The van der Waals surface area contributed by atoms with Crippen molar-refractivity contribution in [1.29, 1.82) is 0 Å². The summed E-state index contributed by atoms with van der Waals surface area (Å²) in [6.07, 6.45) is 2.14. The van der Waals surface area contributed by atoms with Crippen molar-refractivity contribution in [2.24, 2.45) is 5.92 Å². The lowest BCUT2D eigenvalue weighted by molar-refractivity contribution is 0.252. The second-order valence-corrected chi connectivity index (χ2v) is 5.60. The first-order chi connectivity index (χ1) is 10.1. The molecule has 1 aromatic rings. The number of benzene rings is 1. The zero-order valence-electron chi connectivity index (χ0n) is 13.0. The smallest absolute Gasteiger partial charge is 0.321 e. The normalized spacial score (nSPS) is 14.5. The van der Waals surface area contributed by atoms with Crippen LogP contribution in [0.25, 0.3) is 0 Å². The summed E-state index contributed by atoms with van der Waals surface area (Å²) < 4.78 is 11.2. The van der Waals surface area contributed by atoms with Crippen LogP contribution < -0.4 is 19.7 Å². The third-order valence-corrected chi connectivity index (χ3v) is 3.50. The number of methoxy groups -OCH3 is 1. The van der Waals surface area contributed by atoms with Crippen molar-refractivity contribution >= 4 is 11.7 Å². The van der Waals surface area contributed by atoms with Crippen LogP contribution in [0.5, 0.6) is 11.5 Å². The Kier molecular flexibility index (Phi) is 5.31. The fraction of sp³-hybridized carbons (Fsp3) is 0.562. The summed E-state index contributed by atoms with van der Waals surface area (Å²) in [7, 11) is 1.62. The van der Waals surface area contributed by atoms with Gasteiger partial charge in [-0.1, -0.05) is 13.8 Å². The minimum Gasteiger partial charge on any atom is -0.493 e. The van der Waals surface area contributed by atoms with Gasteiger partial charge in [-0.05, 0) is 30.9 Å². The number of hydrogen-bond donors (Lipinski definition) is 1. The summed E-state index contributed by atoms with van der Waals surface area (Å²) in [5.41, 5.74) is 0.838. The van der Waals surface area contributed by atoms with E-state index in [0.717, 1.165) is 18.5 Å². The number of hydrogen-bond acceptors (Lipinski definition) is 3. The van der Waals surface area contributed by atoms with E-state index in [-0.39, 0.29) is 6.03 Å². The maximum atomic E-state index is 11.7. The predicted octanol–water partition coefficient (Wildman–Crippen LogP) is 3.04. The monoisotopic (exact) mass is 292 g/mol. The Hall–Kier alpha value is -1.91. The van der Waals surface area contributed by atoms with E-state index in [0.29, 0.717) is 37.1 Å². The van der Waals surface area contributed by atoms with Crippen LogP contribution in [0.15, 0.2) is 18.2 Å². The van der Waals surface area contributed by atoms with Crippen molar-refractivity contribution in [1.82, 2.24) is 5.32 Å². The van der Waals surface area contributed by atoms with Crippen molar-refractivity contribution in [2.45, 2.75) is 26.7 Å². The molecule has 1 fully saturated rings. The van der Waals surface area contributed by atoms with Crippen LogP contribution in [0.2, 0.25) is 0 Å². The highest BCUT2D eigenvalue weighted by molar-refractivity contribution is 5.94. The molecule has 2 rings (SSSR count).